The summed E-state index contributed by atoms with van der Waals surface area (Å²) in [6, 6.07) is 5.81. The average molecular weight is 305 g/mol. The van der Waals surface area contributed by atoms with Gasteiger partial charge in [0.1, 0.15) is 4.90 Å². The van der Waals surface area contributed by atoms with Crippen LogP contribution in [0.3, 0.4) is 0 Å². The second-order valence-electron chi connectivity index (χ2n) is 3.49. The summed E-state index contributed by atoms with van der Waals surface area (Å²) in [7, 11) is -3.74. The molecule has 0 aromatic heterocycles. The molecule has 0 fully saturated rings. The van der Waals surface area contributed by atoms with Gasteiger partial charge >= 0.3 is 0 Å². The molecule has 0 aliphatic carbocycles. The van der Waals surface area contributed by atoms with Crippen molar-refractivity contribution in [2.45, 2.75) is 4.90 Å². The van der Waals surface area contributed by atoms with Gasteiger partial charge in [-0.2, -0.15) is 5.26 Å². The van der Waals surface area contributed by atoms with Gasteiger partial charge in [0.05, 0.1) is 36.5 Å². The molecule has 0 bridgehead atoms. The lowest BCUT2D eigenvalue weighted by molar-refractivity contribution is 0.0961. The maximum Gasteiger partial charge on any atom is 0.242 e. The molecule has 0 radical (unpaired) electrons. The Hall–Kier alpha value is -1.17. The Balaban J connectivity index is 2.70. The molecular weight excluding hydrogens is 292 g/mol. The number of rotatable bonds is 7. The Morgan fingerprint density at radius 3 is 2.74 bits per heavy atom. The van der Waals surface area contributed by atoms with Crippen LogP contribution in [0.5, 0.6) is 0 Å². The summed E-state index contributed by atoms with van der Waals surface area (Å²) >= 11 is 5.82. The fourth-order valence-electron chi connectivity index (χ4n) is 1.28. The first-order valence-corrected chi connectivity index (χ1v) is 7.25. The first-order valence-electron chi connectivity index (χ1n) is 5.39. The van der Waals surface area contributed by atoms with Gasteiger partial charge in [-0.25, -0.2) is 13.1 Å². The Bertz CT molecular complexity index is 569. The summed E-state index contributed by atoms with van der Waals surface area (Å²) in [5, 5.41) is 17.1. The number of ether oxygens (including phenoxy) is 1. The van der Waals surface area contributed by atoms with Gasteiger partial charge in [-0.15, -0.1) is 0 Å². The third kappa shape index (κ3) is 4.78. The predicted octanol–water partition coefficient (Wildman–Crippen LogP) is 0.499. The number of nitrogens with zero attached hydrogens (tertiary/aromatic N) is 1. The fourth-order valence-corrected chi connectivity index (χ4v) is 2.84. The molecule has 2 N–H and O–H groups in total. The highest BCUT2D eigenvalue weighted by molar-refractivity contribution is 7.89. The molecule has 8 heteroatoms. The van der Waals surface area contributed by atoms with E-state index in [-0.39, 0.29) is 41.8 Å². The zero-order chi connectivity index (χ0) is 14.3. The molecule has 0 aliphatic rings. The number of hydrogen-bond donors (Lipinski definition) is 2. The molecule has 0 amide bonds. The molecule has 6 nitrogen and oxygen atoms in total. The van der Waals surface area contributed by atoms with Gasteiger partial charge in [-0.05, 0) is 18.2 Å². The number of benzene rings is 1. The van der Waals surface area contributed by atoms with Crippen molar-refractivity contribution < 1.29 is 18.3 Å². The molecule has 19 heavy (non-hydrogen) atoms. The van der Waals surface area contributed by atoms with Crippen molar-refractivity contribution in [1.82, 2.24) is 4.72 Å². The molecule has 1 aromatic rings. The summed E-state index contributed by atoms with van der Waals surface area (Å²) in [6.45, 7) is 0.250. The SMILES string of the molecule is N#Cc1ccc(S(=O)(=O)NCCOCCO)c(Cl)c1. The smallest absolute Gasteiger partial charge is 0.242 e. The van der Waals surface area contributed by atoms with Crippen LogP contribution in [0.2, 0.25) is 5.02 Å². The Morgan fingerprint density at radius 2 is 2.16 bits per heavy atom. The van der Waals surface area contributed by atoms with Crippen LogP contribution in [0.1, 0.15) is 5.56 Å². The highest BCUT2D eigenvalue weighted by Gasteiger charge is 2.17. The zero-order valence-corrected chi connectivity index (χ0v) is 11.5. The van der Waals surface area contributed by atoms with E-state index in [0.29, 0.717) is 0 Å². The molecule has 0 aliphatic heterocycles. The van der Waals surface area contributed by atoms with E-state index >= 15 is 0 Å². The van der Waals surface area contributed by atoms with Crippen molar-refractivity contribution in [3.63, 3.8) is 0 Å². The predicted molar refractivity (Wildman–Crippen MR) is 69.3 cm³/mol. The van der Waals surface area contributed by atoms with Gasteiger partial charge in [0.15, 0.2) is 0 Å². The van der Waals surface area contributed by atoms with E-state index in [1.807, 2.05) is 6.07 Å². The topological polar surface area (TPSA) is 99.4 Å². The van der Waals surface area contributed by atoms with E-state index in [0.717, 1.165) is 0 Å². The summed E-state index contributed by atoms with van der Waals surface area (Å²) in [6.07, 6.45) is 0. The van der Waals surface area contributed by atoms with Crippen LogP contribution < -0.4 is 4.72 Å². The van der Waals surface area contributed by atoms with Gasteiger partial charge in [-0.3, -0.25) is 0 Å². The van der Waals surface area contributed by atoms with Gasteiger partial charge < -0.3 is 9.84 Å². The van der Waals surface area contributed by atoms with E-state index < -0.39 is 10.0 Å². The van der Waals surface area contributed by atoms with Crippen LogP contribution in [0.4, 0.5) is 0 Å². The van der Waals surface area contributed by atoms with E-state index in [2.05, 4.69) is 4.72 Å². The largest absolute Gasteiger partial charge is 0.394 e. The van der Waals surface area contributed by atoms with E-state index in [1.165, 1.54) is 18.2 Å². The quantitative estimate of drug-likeness (QED) is 0.715. The Labute approximate surface area is 116 Å². The Morgan fingerprint density at radius 1 is 1.42 bits per heavy atom. The molecule has 0 saturated heterocycles. The van der Waals surface area contributed by atoms with E-state index in [1.54, 1.807) is 0 Å². The van der Waals surface area contributed by atoms with E-state index in [4.69, 9.17) is 26.7 Å². The third-order valence-corrected chi connectivity index (χ3v) is 4.07. The molecule has 0 heterocycles. The molecule has 104 valence electrons. The summed E-state index contributed by atoms with van der Waals surface area (Å²) in [5.74, 6) is 0. The van der Waals surface area contributed by atoms with Crippen molar-refractivity contribution in [3.8, 4) is 6.07 Å². The van der Waals surface area contributed by atoms with Crippen LogP contribution in [0.25, 0.3) is 0 Å². The van der Waals surface area contributed by atoms with Crippen molar-refractivity contribution in [2.24, 2.45) is 0 Å². The summed E-state index contributed by atoms with van der Waals surface area (Å²) < 4.78 is 31.0. The second kappa shape index (κ2) is 7.43. The minimum absolute atomic E-state index is 0.0113. The minimum Gasteiger partial charge on any atom is -0.394 e. The number of halogens is 1. The number of hydrogen-bond acceptors (Lipinski definition) is 5. The first kappa shape index (κ1) is 15.9. The highest BCUT2D eigenvalue weighted by Crippen LogP contribution is 2.22. The lowest BCUT2D eigenvalue weighted by Gasteiger charge is -2.08. The van der Waals surface area contributed by atoms with Gasteiger partial charge in [0.2, 0.25) is 10.0 Å². The third-order valence-electron chi connectivity index (χ3n) is 2.12. The van der Waals surface area contributed by atoms with Gasteiger partial charge in [0.25, 0.3) is 0 Å². The Kier molecular flexibility index (Phi) is 6.21. The highest BCUT2D eigenvalue weighted by atomic mass is 35.5. The van der Waals surface area contributed by atoms with Crippen molar-refractivity contribution in [3.05, 3.63) is 28.8 Å². The average Bonchev–Trinajstić information content (AvgIpc) is 2.37. The van der Waals surface area contributed by atoms with Crippen LogP contribution in [-0.4, -0.2) is 39.9 Å². The maximum absolute atomic E-state index is 11.9. The van der Waals surface area contributed by atoms with Gasteiger partial charge in [0, 0.05) is 6.54 Å². The van der Waals surface area contributed by atoms with Crippen LogP contribution in [-0.2, 0) is 14.8 Å². The standard InChI is InChI=1S/C11H13ClN2O4S/c12-10-7-9(8-13)1-2-11(10)19(16,17)14-3-5-18-6-4-15/h1-2,7,14-15H,3-6H2. The van der Waals surface area contributed by atoms with Crippen LogP contribution >= 0.6 is 11.6 Å². The number of sulfonamides is 1. The molecule has 1 rings (SSSR count). The minimum atomic E-state index is -3.74. The van der Waals surface area contributed by atoms with E-state index in [9.17, 15) is 8.42 Å². The number of aliphatic hydroxyl groups excluding tert-OH is 1. The molecule has 0 spiro atoms. The fraction of sp³-hybridized carbons (Fsp3) is 0.364. The first-order chi connectivity index (χ1) is 9.01. The molecule has 1 aromatic carbocycles. The van der Waals surface area contributed by atoms with Crippen molar-refractivity contribution >= 4 is 21.6 Å². The normalized spacial score (nSPS) is 11.2. The van der Waals surface area contributed by atoms with Crippen LogP contribution in [0, 0.1) is 11.3 Å². The lowest BCUT2D eigenvalue weighted by atomic mass is 10.2. The summed E-state index contributed by atoms with van der Waals surface area (Å²) in [4.78, 5) is -0.0877. The van der Waals surface area contributed by atoms with Crippen molar-refractivity contribution in [2.75, 3.05) is 26.4 Å². The maximum atomic E-state index is 11.9. The lowest BCUT2D eigenvalue weighted by Crippen LogP contribution is -2.28. The molecule has 0 atom stereocenters. The molecular formula is C11H13ClN2O4S. The number of aliphatic hydroxyl groups is 1. The van der Waals surface area contributed by atoms with Crippen molar-refractivity contribution in [1.29, 1.82) is 5.26 Å². The second-order valence-corrected chi connectivity index (χ2v) is 5.63. The zero-order valence-electron chi connectivity index (χ0n) is 9.97. The number of nitrogens with one attached hydrogen (secondary N) is 1. The molecule has 0 saturated carbocycles. The van der Waals surface area contributed by atoms with Gasteiger partial charge in [-0.1, -0.05) is 11.6 Å². The molecule has 0 unspecified atom stereocenters. The summed E-state index contributed by atoms with van der Waals surface area (Å²) in [5.41, 5.74) is 0.287. The van der Waals surface area contributed by atoms with Crippen LogP contribution in [0.15, 0.2) is 23.1 Å². The number of nitriles is 1. The monoisotopic (exact) mass is 304 g/mol.